The van der Waals surface area contributed by atoms with Crippen molar-refractivity contribution in [3.63, 3.8) is 0 Å². The van der Waals surface area contributed by atoms with Crippen molar-refractivity contribution in [1.82, 2.24) is 39.2 Å². The summed E-state index contributed by atoms with van der Waals surface area (Å²) in [6, 6.07) is 23.8. The van der Waals surface area contributed by atoms with Gasteiger partial charge in [-0.25, -0.2) is 19.0 Å². The van der Waals surface area contributed by atoms with Gasteiger partial charge >= 0.3 is 12.4 Å². The molecule has 0 spiro atoms. The third kappa shape index (κ3) is 11.2. The summed E-state index contributed by atoms with van der Waals surface area (Å²) < 4.78 is 82.0. The molecule has 12 nitrogen and oxygen atoms in total. The predicted molar refractivity (Wildman–Crippen MR) is 223 cm³/mol. The molecule has 0 atom stereocenters. The summed E-state index contributed by atoms with van der Waals surface area (Å²) in [5.74, 6) is -0.485. The van der Waals surface area contributed by atoms with Crippen molar-refractivity contribution < 1.29 is 35.9 Å². The average Bonchev–Trinajstić information content (AvgIpc) is 3.84. The highest BCUT2D eigenvalue weighted by Gasteiger charge is 2.35. The van der Waals surface area contributed by atoms with Crippen LogP contribution in [0.4, 0.5) is 37.7 Å². The van der Waals surface area contributed by atoms with Crippen molar-refractivity contribution in [2.75, 3.05) is 10.6 Å². The predicted octanol–water partition coefficient (Wildman–Crippen LogP) is 10.4. The SMILES string of the molecule is CC.Cc1cc(NC(=O)c2cnc3ccc(-c4ccccc4C(F)(F)F)nn23)cc(C)n1.Cc1ccc(NC=O)cn1.Cc1cnc2ccc(-c3ccccc3C(F)(F)F)nn12. The second-order valence-electron chi connectivity index (χ2n) is 13.2. The van der Waals surface area contributed by atoms with Crippen LogP contribution in [0.15, 0.2) is 116 Å². The number of aromatic nitrogens is 8. The average molecular weight is 855 g/mol. The van der Waals surface area contributed by atoms with Crippen molar-refractivity contribution in [3.8, 4) is 22.5 Å². The topological polar surface area (TPSA) is 144 Å². The Bertz CT molecular complexity index is 2780. The largest absolute Gasteiger partial charge is 0.417 e. The van der Waals surface area contributed by atoms with Crippen LogP contribution in [0, 0.1) is 27.7 Å². The van der Waals surface area contributed by atoms with Gasteiger partial charge in [0.15, 0.2) is 17.0 Å². The van der Waals surface area contributed by atoms with E-state index in [4.69, 9.17) is 0 Å². The number of pyridine rings is 2. The van der Waals surface area contributed by atoms with Crippen molar-refractivity contribution in [2.45, 2.75) is 53.9 Å². The highest BCUT2D eigenvalue weighted by atomic mass is 19.4. The Morgan fingerprint density at radius 3 is 1.63 bits per heavy atom. The van der Waals surface area contributed by atoms with Crippen molar-refractivity contribution in [2.24, 2.45) is 0 Å². The number of hydrogen-bond acceptors (Lipinski definition) is 8. The van der Waals surface area contributed by atoms with Crippen molar-refractivity contribution >= 4 is 35.0 Å². The van der Waals surface area contributed by atoms with Gasteiger partial charge in [0, 0.05) is 33.9 Å². The summed E-state index contributed by atoms with van der Waals surface area (Å²) in [7, 11) is 0. The first-order valence-corrected chi connectivity index (χ1v) is 18.9. The smallest absolute Gasteiger partial charge is 0.327 e. The van der Waals surface area contributed by atoms with E-state index in [2.05, 4.69) is 40.8 Å². The van der Waals surface area contributed by atoms with E-state index in [9.17, 15) is 35.9 Å². The summed E-state index contributed by atoms with van der Waals surface area (Å²) in [4.78, 5) is 39.2. The number of alkyl halides is 6. The maximum atomic E-state index is 13.4. The van der Waals surface area contributed by atoms with Crippen LogP contribution in [0.5, 0.6) is 0 Å². The number of fused-ring (bicyclic) bond motifs is 2. The first-order chi connectivity index (χ1) is 29.5. The number of amides is 2. The molecule has 2 aromatic carbocycles. The molecule has 6 aromatic heterocycles. The molecule has 0 aliphatic heterocycles. The van der Waals surface area contributed by atoms with Gasteiger partial charge in [-0.2, -0.15) is 36.5 Å². The number of hydrogen-bond donors (Lipinski definition) is 2. The van der Waals surface area contributed by atoms with E-state index >= 15 is 0 Å². The van der Waals surface area contributed by atoms with Gasteiger partial charge < -0.3 is 10.6 Å². The molecule has 6 heterocycles. The Labute approximate surface area is 351 Å². The fourth-order valence-electron chi connectivity index (χ4n) is 5.93. The van der Waals surface area contributed by atoms with Gasteiger partial charge in [0.05, 0.1) is 52.5 Å². The number of carbonyl (C=O) groups excluding carboxylic acids is 2. The molecule has 320 valence electrons. The number of nitrogens with one attached hydrogen (secondary N) is 2. The molecule has 0 radical (unpaired) electrons. The fourth-order valence-corrected chi connectivity index (χ4v) is 5.93. The third-order valence-corrected chi connectivity index (χ3v) is 8.62. The molecule has 0 aliphatic carbocycles. The first-order valence-electron chi connectivity index (χ1n) is 18.9. The van der Waals surface area contributed by atoms with Crippen LogP contribution in [0.1, 0.15) is 58.2 Å². The molecule has 8 rings (SSSR count). The minimum Gasteiger partial charge on any atom is -0.327 e. The lowest BCUT2D eigenvalue weighted by molar-refractivity contribution is -0.137. The molecule has 18 heteroatoms. The van der Waals surface area contributed by atoms with Crippen LogP contribution in [0.3, 0.4) is 0 Å². The van der Waals surface area contributed by atoms with Gasteiger partial charge in [-0.05, 0) is 88.4 Å². The molecule has 2 N–H and O–H groups in total. The minimum atomic E-state index is -4.53. The molecule has 0 saturated carbocycles. The molecule has 0 unspecified atom stereocenters. The lowest BCUT2D eigenvalue weighted by Crippen LogP contribution is -2.16. The number of benzene rings is 2. The number of aryl methyl sites for hydroxylation is 4. The third-order valence-electron chi connectivity index (χ3n) is 8.62. The Balaban J connectivity index is 0.000000194. The number of anilines is 2. The second-order valence-corrected chi connectivity index (χ2v) is 13.2. The van der Waals surface area contributed by atoms with E-state index < -0.39 is 29.4 Å². The number of carbonyl (C=O) groups is 2. The van der Waals surface area contributed by atoms with Gasteiger partial charge in [-0.3, -0.25) is 19.6 Å². The van der Waals surface area contributed by atoms with E-state index in [0.717, 1.165) is 40.6 Å². The standard InChI is InChI=1S/C21H16F3N5O.C14H10F3N3.C7H8N2O.C2H6/c1-12-9-14(10-13(2)26-12)27-20(30)18-11-25-19-8-7-17(28-29(18)19)15-5-3-4-6-16(15)21(22,23)24;1-9-8-18-13-7-6-12(19-20(9)13)10-4-2-3-5-11(10)14(15,16)17;1-6-2-3-7(4-8-6)9-5-10;1-2/h3-11H,1-2H3,(H,26,27,30);2-8H,1H3;2-5H,1H3,(H,9,10);1-2H3. The maximum Gasteiger partial charge on any atom is 0.417 e. The van der Waals surface area contributed by atoms with Crippen LogP contribution in [-0.4, -0.2) is 51.5 Å². The van der Waals surface area contributed by atoms with Crippen LogP contribution in [0.25, 0.3) is 33.8 Å². The van der Waals surface area contributed by atoms with Gasteiger partial charge in [-0.15, -0.1) is 0 Å². The number of nitrogens with zero attached hydrogens (tertiary/aromatic N) is 8. The van der Waals surface area contributed by atoms with E-state index in [-0.39, 0.29) is 28.2 Å². The van der Waals surface area contributed by atoms with Crippen molar-refractivity contribution in [3.05, 3.63) is 155 Å². The van der Waals surface area contributed by atoms with Crippen LogP contribution >= 0.6 is 0 Å². The lowest BCUT2D eigenvalue weighted by Gasteiger charge is -2.12. The van der Waals surface area contributed by atoms with Crippen LogP contribution < -0.4 is 10.6 Å². The van der Waals surface area contributed by atoms with Gasteiger partial charge in [0.2, 0.25) is 6.41 Å². The Morgan fingerprint density at radius 2 is 1.11 bits per heavy atom. The number of imidazole rings is 2. The zero-order valence-corrected chi connectivity index (χ0v) is 34.2. The molecular formula is C44H40F6N10O2. The molecule has 62 heavy (non-hydrogen) atoms. The summed E-state index contributed by atoms with van der Waals surface area (Å²) in [5.41, 5.74) is 4.37. The second kappa shape index (κ2) is 19.7. The molecule has 8 aromatic rings. The van der Waals surface area contributed by atoms with E-state index in [0.29, 0.717) is 23.4 Å². The number of rotatable bonds is 6. The molecule has 0 bridgehead atoms. The Hall–Kier alpha value is -7.50. The maximum absolute atomic E-state index is 13.4. The van der Waals surface area contributed by atoms with Gasteiger partial charge in [0.25, 0.3) is 5.91 Å². The van der Waals surface area contributed by atoms with Gasteiger partial charge in [-0.1, -0.05) is 50.2 Å². The quantitative estimate of drug-likeness (QED) is 0.124. The molecule has 2 amide bonds. The van der Waals surface area contributed by atoms with Crippen LogP contribution in [-0.2, 0) is 17.1 Å². The van der Waals surface area contributed by atoms with Crippen LogP contribution in [0.2, 0.25) is 0 Å². The zero-order valence-electron chi connectivity index (χ0n) is 34.2. The van der Waals surface area contributed by atoms with E-state index in [1.54, 1.807) is 55.7 Å². The Morgan fingerprint density at radius 1 is 0.597 bits per heavy atom. The molecule has 0 fully saturated rings. The highest BCUT2D eigenvalue weighted by Crippen LogP contribution is 2.37. The summed E-state index contributed by atoms with van der Waals surface area (Å²) in [5, 5.41) is 13.7. The normalized spacial score (nSPS) is 11.0. The monoisotopic (exact) mass is 854 g/mol. The first kappa shape index (κ1) is 45.6. The Kier molecular flexibility index (Phi) is 14.5. The summed E-state index contributed by atoms with van der Waals surface area (Å²) in [6.45, 7) is 11.3. The molecule has 0 saturated heterocycles. The van der Waals surface area contributed by atoms with Crippen molar-refractivity contribution in [1.29, 1.82) is 0 Å². The van der Waals surface area contributed by atoms with E-state index in [1.807, 2.05) is 40.7 Å². The van der Waals surface area contributed by atoms with Gasteiger partial charge in [0.1, 0.15) is 0 Å². The molecular weight excluding hydrogens is 815 g/mol. The highest BCUT2D eigenvalue weighted by molar-refractivity contribution is 6.03. The summed E-state index contributed by atoms with van der Waals surface area (Å²) >= 11 is 0. The molecule has 0 aliphatic rings. The lowest BCUT2D eigenvalue weighted by atomic mass is 10.0. The fraction of sp³-hybridized carbons (Fsp3) is 0.182. The summed E-state index contributed by atoms with van der Waals surface area (Å²) in [6.07, 6.45) is -3.73. The number of halogens is 6. The minimum absolute atomic E-state index is 0.0648. The zero-order chi connectivity index (χ0) is 45.2. The van der Waals surface area contributed by atoms with E-state index in [1.165, 1.54) is 57.7 Å².